The van der Waals surface area contributed by atoms with Crippen LogP contribution in [-0.4, -0.2) is 51.4 Å². The molecule has 2 aromatic heterocycles. The summed E-state index contributed by atoms with van der Waals surface area (Å²) in [6.07, 6.45) is 5.75. The maximum atomic E-state index is 12.2. The van der Waals surface area contributed by atoms with E-state index in [1.807, 2.05) is 18.7 Å². The van der Waals surface area contributed by atoms with Crippen molar-refractivity contribution >= 4 is 11.9 Å². The second kappa shape index (κ2) is 7.82. The van der Waals surface area contributed by atoms with Crippen molar-refractivity contribution in [2.75, 3.05) is 24.5 Å². The molecule has 0 aliphatic carbocycles. The third-order valence-corrected chi connectivity index (χ3v) is 4.79. The van der Waals surface area contributed by atoms with Crippen LogP contribution in [0.25, 0.3) is 0 Å². The van der Waals surface area contributed by atoms with Gasteiger partial charge in [-0.2, -0.15) is 0 Å². The van der Waals surface area contributed by atoms with E-state index < -0.39 is 5.60 Å². The molecular weight excluding hydrogens is 334 g/mol. The number of anilines is 1. The zero-order valence-corrected chi connectivity index (χ0v) is 15.2. The maximum absolute atomic E-state index is 12.2. The Morgan fingerprint density at radius 3 is 2.85 bits per heavy atom. The summed E-state index contributed by atoms with van der Waals surface area (Å²) >= 11 is 0. The first-order valence-corrected chi connectivity index (χ1v) is 8.90. The van der Waals surface area contributed by atoms with Gasteiger partial charge < -0.3 is 19.8 Å². The van der Waals surface area contributed by atoms with Gasteiger partial charge in [-0.25, -0.2) is 9.97 Å². The number of nitrogens with one attached hydrogen (secondary N) is 1. The van der Waals surface area contributed by atoms with Crippen LogP contribution in [0.4, 0.5) is 5.95 Å². The van der Waals surface area contributed by atoms with E-state index in [2.05, 4.69) is 20.4 Å². The number of aliphatic hydroxyl groups is 1. The number of aromatic nitrogens is 3. The number of hydrogen-bond donors (Lipinski definition) is 2. The molecule has 3 heterocycles. The molecule has 1 aliphatic heterocycles. The summed E-state index contributed by atoms with van der Waals surface area (Å²) in [5.74, 6) is 1.27. The minimum atomic E-state index is -0.976. The van der Waals surface area contributed by atoms with E-state index in [0.29, 0.717) is 31.8 Å². The molecule has 2 aromatic rings. The minimum Gasteiger partial charge on any atom is -0.386 e. The number of rotatable bonds is 6. The van der Waals surface area contributed by atoms with Gasteiger partial charge in [-0.15, -0.1) is 0 Å². The van der Waals surface area contributed by atoms with Gasteiger partial charge in [0.05, 0.1) is 17.8 Å². The van der Waals surface area contributed by atoms with E-state index in [-0.39, 0.29) is 12.5 Å². The van der Waals surface area contributed by atoms with Crippen molar-refractivity contribution in [3.63, 3.8) is 0 Å². The highest BCUT2D eigenvalue weighted by atomic mass is 16.5. The molecule has 1 aliphatic rings. The highest BCUT2D eigenvalue weighted by Crippen LogP contribution is 2.23. The molecule has 3 rings (SSSR count). The van der Waals surface area contributed by atoms with Gasteiger partial charge in [0.15, 0.2) is 0 Å². The van der Waals surface area contributed by atoms with Crippen LogP contribution < -0.4 is 10.2 Å². The van der Waals surface area contributed by atoms with Crippen molar-refractivity contribution in [3.05, 3.63) is 35.5 Å². The molecule has 1 fully saturated rings. The van der Waals surface area contributed by atoms with E-state index in [0.717, 1.165) is 30.0 Å². The zero-order valence-electron chi connectivity index (χ0n) is 15.2. The Hall–Kier alpha value is -2.48. The lowest BCUT2D eigenvalue weighted by Crippen LogP contribution is -2.54. The van der Waals surface area contributed by atoms with E-state index in [1.165, 1.54) is 0 Å². The molecule has 0 radical (unpaired) electrons. The van der Waals surface area contributed by atoms with Gasteiger partial charge in [-0.05, 0) is 39.2 Å². The zero-order chi connectivity index (χ0) is 18.6. The van der Waals surface area contributed by atoms with Crippen LogP contribution in [0.5, 0.6) is 0 Å². The molecule has 0 spiro atoms. The lowest BCUT2D eigenvalue weighted by Gasteiger charge is -2.39. The largest absolute Gasteiger partial charge is 0.386 e. The predicted molar refractivity (Wildman–Crippen MR) is 95.7 cm³/mol. The molecule has 0 unspecified atom stereocenters. The van der Waals surface area contributed by atoms with Crippen molar-refractivity contribution in [1.82, 2.24) is 20.4 Å². The smallest absolute Gasteiger partial charge is 0.225 e. The summed E-state index contributed by atoms with van der Waals surface area (Å²) in [6, 6.07) is 1.76. The first kappa shape index (κ1) is 18.3. The Kier molecular flexibility index (Phi) is 5.51. The normalized spacial score (nSPS) is 20.2. The number of piperidine rings is 1. The van der Waals surface area contributed by atoms with Crippen LogP contribution in [0.1, 0.15) is 36.3 Å². The lowest BCUT2D eigenvalue weighted by molar-refractivity contribution is -0.122. The fraction of sp³-hybridized carbons (Fsp3) is 0.556. The second-order valence-electron chi connectivity index (χ2n) is 6.88. The minimum absolute atomic E-state index is 0.0912. The SMILES string of the molecule is Cc1noc(C)c1CCC(=O)NC[C@]1(O)CCCN(c2ncccn2)C1. The number of aryl methyl sites for hydroxylation is 2. The fourth-order valence-electron chi connectivity index (χ4n) is 3.33. The first-order valence-electron chi connectivity index (χ1n) is 8.90. The molecule has 1 atom stereocenters. The Balaban J connectivity index is 1.50. The van der Waals surface area contributed by atoms with E-state index in [4.69, 9.17) is 4.52 Å². The summed E-state index contributed by atoms with van der Waals surface area (Å²) in [6.45, 7) is 5.14. The average Bonchev–Trinajstić information content (AvgIpc) is 2.97. The second-order valence-corrected chi connectivity index (χ2v) is 6.88. The first-order chi connectivity index (χ1) is 12.5. The summed E-state index contributed by atoms with van der Waals surface area (Å²) in [5.41, 5.74) is 0.819. The van der Waals surface area contributed by atoms with E-state index in [1.54, 1.807) is 18.5 Å². The van der Waals surface area contributed by atoms with Crippen molar-refractivity contribution in [2.45, 2.75) is 45.1 Å². The maximum Gasteiger partial charge on any atom is 0.225 e. The third kappa shape index (κ3) is 4.37. The number of carbonyl (C=O) groups excluding carboxylic acids is 1. The van der Waals surface area contributed by atoms with Crippen LogP contribution in [0.3, 0.4) is 0 Å². The topological polar surface area (TPSA) is 104 Å². The fourth-order valence-corrected chi connectivity index (χ4v) is 3.33. The Morgan fingerprint density at radius 1 is 1.38 bits per heavy atom. The number of carbonyl (C=O) groups is 1. The Bertz CT molecular complexity index is 729. The summed E-state index contributed by atoms with van der Waals surface area (Å²) in [4.78, 5) is 22.6. The van der Waals surface area contributed by atoms with Crippen molar-refractivity contribution in [1.29, 1.82) is 0 Å². The number of hydrogen-bond acceptors (Lipinski definition) is 7. The summed E-state index contributed by atoms with van der Waals surface area (Å²) in [7, 11) is 0. The molecule has 0 aromatic carbocycles. The molecule has 1 amide bonds. The van der Waals surface area contributed by atoms with Gasteiger partial charge in [0, 0.05) is 37.5 Å². The predicted octanol–water partition coefficient (Wildman–Crippen LogP) is 1.16. The van der Waals surface area contributed by atoms with Crippen LogP contribution in [0.15, 0.2) is 23.0 Å². The van der Waals surface area contributed by atoms with Gasteiger partial charge in [0.25, 0.3) is 0 Å². The molecular formula is C18H25N5O3. The molecule has 0 bridgehead atoms. The van der Waals surface area contributed by atoms with Crippen LogP contribution >= 0.6 is 0 Å². The lowest BCUT2D eigenvalue weighted by atomic mass is 9.93. The molecule has 140 valence electrons. The third-order valence-electron chi connectivity index (χ3n) is 4.79. The average molecular weight is 359 g/mol. The van der Waals surface area contributed by atoms with Gasteiger partial charge in [-0.1, -0.05) is 5.16 Å². The summed E-state index contributed by atoms with van der Waals surface area (Å²) < 4.78 is 5.11. The number of β-amino-alcohol motifs (C(OH)–C–C–N with tert-alkyl or cyclic N) is 1. The van der Waals surface area contributed by atoms with Gasteiger partial charge in [0.1, 0.15) is 5.76 Å². The van der Waals surface area contributed by atoms with Crippen LogP contribution in [0.2, 0.25) is 0 Å². The van der Waals surface area contributed by atoms with Crippen molar-refractivity contribution in [3.8, 4) is 0 Å². The van der Waals surface area contributed by atoms with Crippen LogP contribution in [0, 0.1) is 13.8 Å². The van der Waals surface area contributed by atoms with Gasteiger partial charge in [0.2, 0.25) is 11.9 Å². The van der Waals surface area contributed by atoms with Crippen molar-refractivity contribution < 1.29 is 14.4 Å². The molecule has 8 heteroatoms. The molecule has 2 N–H and O–H groups in total. The highest BCUT2D eigenvalue weighted by Gasteiger charge is 2.34. The molecule has 8 nitrogen and oxygen atoms in total. The van der Waals surface area contributed by atoms with E-state index >= 15 is 0 Å². The number of nitrogens with zero attached hydrogens (tertiary/aromatic N) is 4. The molecule has 0 saturated carbocycles. The molecule has 26 heavy (non-hydrogen) atoms. The molecule has 1 saturated heterocycles. The quantitative estimate of drug-likeness (QED) is 0.797. The Labute approximate surface area is 152 Å². The highest BCUT2D eigenvalue weighted by molar-refractivity contribution is 5.76. The van der Waals surface area contributed by atoms with Crippen LogP contribution in [-0.2, 0) is 11.2 Å². The van der Waals surface area contributed by atoms with Crippen molar-refractivity contribution in [2.24, 2.45) is 0 Å². The Morgan fingerprint density at radius 2 is 2.15 bits per heavy atom. The summed E-state index contributed by atoms with van der Waals surface area (Å²) in [5, 5.41) is 17.6. The standard InChI is InChI=1S/C18H25N5O3/c1-13-15(14(2)26-22-13)5-6-16(24)21-11-18(25)7-3-10-23(12-18)17-19-8-4-9-20-17/h4,8-9,25H,3,5-7,10-12H2,1-2H3,(H,21,24)/t18-/m1/s1. The van der Waals surface area contributed by atoms with Gasteiger partial charge >= 0.3 is 0 Å². The van der Waals surface area contributed by atoms with E-state index in [9.17, 15) is 9.90 Å². The van der Waals surface area contributed by atoms with Gasteiger partial charge in [-0.3, -0.25) is 4.79 Å². The monoisotopic (exact) mass is 359 g/mol. The number of amides is 1.